The molecule has 1 aliphatic heterocycles. The minimum atomic E-state index is -3.22. The Morgan fingerprint density at radius 1 is 1.71 bits per heavy atom. The van der Waals surface area contributed by atoms with Gasteiger partial charge in [0.05, 0.1) is 15.6 Å². The maximum Gasteiger partial charge on any atom is 0.407 e. The third-order valence-electron chi connectivity index (χ3n) is 2.87. The molecule has 1 aromatic heterocycles. The van der Waals surface area contributed by atoms with Gasteiger partial charge in [-0.1, -0.05) is 6.04 Å². The van der Waals surface area contributed by atoms with E-state index in [1.54, 1.807) is 5.32 Å². The average molecular weight is 299 g/mol. The van der Waals surface area contributed by atoms with Crippen LogP contribution < -0.4 is 5.32 Å². The van der Waals surface area contributed by atoms with Gasteiger partial charge in [0.25, 0.3) is 0 Å². The van der Waals surface area contributed by atoms with Crippen molar-refractivity contribution in [2.75, 3.05) is 27.1 Å². The number of amides is 1. The fourth-order valence-corrected chi connectivity index (χ4v) is 1.89. The second kappa shape index (κ2) is 5.77. The molecule has 21 heavy (non-hydrogen) atoms. The first-order valence-corrected chi connectivity index (χ1v) is 6.20. The molecule has 1 aromatic carbocycles. The van der Waals surface area contributed by atoms with Gasteiger partial charge in [-0.05, 0) is 50.0 Å². The number of rotatable bonds is 5. The molecule has 1 fully saturated rings. The fourth-order valence-electron chi connectivity index (χ4n) is 1.89. The second-order valence-electron chi connectivity index (χ2n) is 4.52. The number of benzene rings is 1. The van der Waals surface area contributed by atoms with Crippen LogP contribution in [0.5, 0.6) is 0 Å². The van der Waals surface area contributed by atoms with Gasteiger partial charge in [-0.25, -0.2) is 4.79 Å². The molecule has 0 unspecified atom stereocenters. The number of aromatic amines is 1. The summed E-state index contributed by atoms with van der Waals surface area (Å²) in [4.78, 5) is 15.2. The Kier molecular flexibility index (Phi) is 1.55. The molecule has 5 nitrogen and oxygen atoms in total. The number of carbonyl (C=O) groups excluding carboxylic acids is 1. The number of nitrogens with one attached hydrogen (secondary N) is 2. The molecule has 1 saturated heterocycles. The molecular formula is C16H21N3O2. The first-order chi connectivity index (χ1) is 14.9. The highest BCUT2D eigenvalue weighted by atomic mass is 16.6. The smallest absolute Gasteiger partial charge is 0.407 e. The third-order valence-corrected chi connectivity index (χ3v) is 2.87. The molecule has 3 rings (SSSR count). The lowest BCUT2D eigenvalue weighted by Crippen LogP contribution is -2.28. The predicted octanol–water partition coefficient (Wildman–Crippen LogP) is 1.92. The summed E-state index contributed by atoms with van der Waals surface area (Å²) in [5.41, 5.74) is -0.852. The summed E-state index contributed by atoms with van der Waals surface area (Å²) in [6, 6.07) is -5.20. The van der Waals surface area contributed by atoms with Crippen molar-refractivity contribution < 1.29 is 26.0 Å². The summed E-state index contributed by atoms with van der Waals surface area (Å²) < 4.78 is 101. The Morgan fingerprint density at radius 3 is 3.38 bits per heavy atom. The largest absolute Gasteiger partial charge is 0.447 e. The number of carbonyl (C=O) groups is 1. The van der Waals surface area contributed by atoms with Crippen LogP contribution in [0.25, 0.3) is 10.9 Å². The standard InChI is InChI=1S/C16H21N3O2/c1-19(2)6-5-12-9-17-15-4-3-11(8-14(12)15)7-13-10-21-16(20)18-13/h3-4,8-9,13,17H,5-7,10H2,1-2H3,(H,18,20)/t13-/m0/s1/i1D3,3D,4D,7D2,8D,9D,10D2,13D. The zero-order chi connectivity index (χ0) is 25.3. The molecule has 0 radical (unpaired) electrons. The van der Waals surface area contributed by atoms with Crippen LogP contribution in [0.2, 0.25) is 0 Å². The highest BCUT2D eigenvalue weighted by Crippen LogP contribution is 2.21. The van der Waals surface area contributed by atoms with E-state index in [4.69, 9.17) is 16.4 Å². The van der Waals surface area contributed by atoms with Crippen molar-refractivity contribution >= 4 is 17.0 Å². The lowest BCUT2D eigenvalue weighted by Gasteiger charge is -2.09. The molecule has 112 valence electrons. The van der Waals surface area contributed by atoms with E-state index in [0.717, 1.165) is 4.90 Å². The van der Waals surface area contributed by atoms with E-state index in [1.165, 1.54) is 7.05 Å². The van der Waals surface area contributed by atoms with Crippen LogP contribution in [-0.2, 0) is 17.5 Å². The molecule has 0 aliphatic carbocycles. The number of hydrogen-bond acceptors (Lipinski definition) is 3. The molecule has 0 bridgehead atoms. The Balaban J connectivity index is 2.23. The Hall–Kier alpha value is -2.01. The summed E-state index contributed by atoms with van der Waals surface area (Å²) in [6.45, 7) is -5.66. The summed E-state index contributed by atoms with van der Waals surface area (Å²) >= 11 is 0. The quantitative estimate of drug-likeness (QED) is 0.887. The lowest BCUT2D eigenvalue weighted by atomic mass is 10.0. The van der Waals surface area contributed by atoms with E-state index < -0.39 is 55.7 Å². The van der Waals surface area contributed by atoms with Crippen LogP contribution in [-0.4, -0.2) is 49.1 Å². The number of H-pyrrole nitrogens is 1. The minimum Gasteiger partial charge on any atom is -0.447 e. The summed E-state index contributed by atoms with van der Waals surface area (Å²) in [7, 11) is 1.34. The van der Waals surface area contributed by atoms with Crippen molar-refractivity contribution in [2.24, 2.45) is 0 Å². The topological polar surface area (TPSA) is 57.4 Å². The van der Waals surface area contributed by atoms with Crippen LogP contribution in [0.3, 0.4) is 0 Å². The van der Waals surface area contributed by atoms with E-state index in [1.807, 2.05) is 0 Å². The molecule has 1 atom stereocenters. The van der Waals surface area contributed by atoms with Gasteiger partial charge >= 0.3 is 6.09 Å². The Morgan fingerprint density at radius 2 is 2.62 bits per heavy atom. The highest BCUT2D eigenvalue weighted by molar-refractivity contribution is 5.84. The van der Waals surface area contributed by atoms with E-state index in [-0.39, 0.29) is 35.6 Å². The first kappa shape index (κ1) is 5.65. The van der Waals surface area contributed by atoms with E-state index in [0.29, 0.717) is 0 Å². The number of likely N-dealkylation sites (N-methyl/N-ethyl adjacent to an activating group) is 1. The van der Waals surface area contributed by atoms with Gasteiger partial charge in [-0.15, -0.1) is 0 Å². The van der Waals surface area contributed by atoms with Crippen LogP contribution in [0, 0.1) is 0 Å². The normalized spacial score (nSPS) is 33.7. The van der Waals surface area contributed by atoms with Gasteiger partial charge in [0, 0.05) is 30.5 Å². The van der Waals surface area contributed by atoms with Crippen molar-refractivity contribution in [3.05, 3.63) is 35.4 Å². The zero-order valence-corrected chi connectivity index (χ0v) is 11.2. The lowest BCUT2D eigenvalue weighted by molar-refractivity contribution is 0.177. The predicted molar refractivity (Wildman–Crippen MR) is 82.5 cm³/mol. The monoisotopic (exact) mass is 299 g/mol. The maximum atomic E-state index is 11.6. The number of hydrogen-bond donors (Lipinski definition) is 2. The van der Waals surface area contributed by atoms with Crippen LogP contribution in [0.1, 0.15) is 27.6 Å². The molecule has 2 N–H and O–H groups in total. The first-order valence-electron chi connectivity index (χ1n) is 12.2. The maximum absolute atomic E-state index is 11.6. The molecule has 5 heteroatoms. The average Bonchev–Trinajstić information content (AvgIpc) is 3.09. The molecule has 2 heterocycles. The SMILES string of the molecule is [2H]c1[nH]c2c([2H])c([2H])c(C([2H])([2H])[C@]3([2H])NC(=O)OC3([2H])[2H])c([2H])c2c1CCN(C)C([2H])([2H])[2H]. The molecule has 1 aliphatic rings. The van der Waals surface area contributed by atoms with E-state index in [2.05, 4.69) is 9.72 Å². The van der Waals surface area contributed by atoms with Crippen molar-refractivity contribution in [1.82, 2.24) is 15.2 Å². The molecule has 1 amide bonds. The summed E-state index contributed by atoms with van der Waals surface area (Å²) in [5.74, 6) is 0. The van der Waals surface area contributed by atoms with Gasteiger partial charge in [0.1, 0.15) is 6.56 Å². The van der Waals surface area contributed by atoms with Crippen molar-refractivity contribution in [3.8, 4) is 0 Å². The second-order valence-corrected chi connectivity index (χ2v) is 4.52. The van der Waals surface area contributed by atoms with Crippen LogP contribution >= 0.6 is 0 Å². The molecular weight excluding hydrogens is 266 g/mol. The summed E-state index contributed by atoms with van der Waals surface area (Å²) in [5, 5.41) is 1.65. The molecule has 0 spiro atoms. The fraction of sp³-hybridized carbons (Fsp3) is 0.438. The number of cyclic esters (lactones) is 1. The minimum absolute atomic E-state index is 0.0640. The summed E-state index contributed by atoms with van der Waals surface area (Å²) in [6.07, 6.45) is -4.93. The zero-order valence-electron chi connectivity index (χ0n) is 23.2. The van der Waals surface area contributed by atoms with E-state index >= 15 is 0 Å². The van der Waals surface area contributed by atoms with Crippen molar-refractivity contribution in [2.45, 2.75) is 18.8 Å². The molecule has 0 saturated carbocycles. The van der Waals surface area contributed by atoms with Gasteiger partial charge in [0.15, 0.2) is 0 Å². The number of nitrogens with zero attached hydrogens (tertiary/aromatic N) is 1. The van der Waals surface area contributed by atoms with Gasteiger partial charge in [0.2, 0.25) is 0 Å². The van der Waals surface area contributed by atoms with Gasteiger partial charge in [-0.2, -0.15) is 0 Å². The number of ether oxygens (including phenoxy) is 1. The Bertz CT molecular complexity index is 1130. The van der Waals surface area contributed by atoms with Crippen molar-refractivity contribution in [3.63, 3.8) is 0 Å². The van der Waals surface area contributed by atoms with Crippen molar-refractivity contribution in [1.29, 1.82) is 0 Å². The third kappa shape index (κ3) is 3.19. The van der Waals surface area contributed by atoms with Gasteiger partial charge < -0.3 is 19.9 Å². The molecule has 2 aromatic rings. The van der Waals surface area contributed by atoms with Crippen LogP contribution in [0.15, 0.2) is 24.3 Å². The number of aromatic nitrogens is 1. The van der Waals surface area contributed by atoms with Crippen LogP contribution in [0.4, 0.5) is 4.79 Å². The highest BCUT2D eigenvalue weighted by Gasteiger charge is 2.22. The Labute approximate surface area is 141 Å². The number of fused-ring (bicyclic) bond motifs is 1. The number of alkyl carbamates (subject to hydrolysis) is 1. The van der Waals surface area contributed by atoms with E-state index in [9.17, 15) is 4.79 Å². The van der Waals surface area contributed by atoms with Gasteiger partial charge in [-0.3, -0.25) is 0 Å².